The first kappa shape index (κ1) is 12.2. The topological polar surface area (TPSA) is 78.2 Å². The van der Waals surface area contributed by atoms with E-state index in [1.54, 1.807) is 12.1 Å². The van der Waals surface area contributed by atoms with E-state index in [0.29, 0.717) is 10.6 Å². The molecule has 2 aromatic rings. The van der Waals surface area contributed by atoms with Crippen molar-refractivity contribution in [1.29, 1.82) is 0 Å². The van der Waals surface area contributed by atoms with Crippen LogP contribution in [0.5, 0.6) is 5.75 Å². The van der Waals surface area contributed by atoms with Crippen LogP contribution in [0.4, 0.5) is 5.69 Å². The highest BCUT2D eigenvalue weighted by atomic mass is 127. The van der Waals surface area contributed by atoms with Gasteiger partial charge < -0.3 is 4.74 Å². The van der Waals surface area contributed by atoms with Crippen molar-refractivity contribution in [1.82, 2.24) is 10.2 Å². The molecule has 0 aliphatic carbocycles. The smallest absolute Gasteiger partial charge is 0.311 e. The van der Waals surface area contributed by atoms with Crippen molar-refractivity contribution in [2.75, 3.05) is 7.11 Å². The van der Waals surface area contributed by atoms with E-state index < -0.39 is 4.92 Å². The maximum Gasteiger partial charge on any atom is 0.311 e. The molecule has 6 nitrogen and oxygen atoms in total. The van der Waals surface area contributed by atoms with Crippen molar-refractivity contribution in [3.05, 3.63) is 31.3 Å². The van der Waals surface area contributed by atoms with Crippen LogP contribution in [0.15, 0.2) is 18.2 Å². The summed E-state index contributed by atoms with van der Waals surface area (Å²) in [6.45, 7) is 0. The van der Waals surface area contributed by atoms with Crippen LogP contribution in [-0.2, 0) is 0 Å². The maximum atomic E-state index is 10.9. The van der Waals surface area contributed by atoms with E-state index in [-0.39, 0.29) is 11.4 Å². The van der Waals surface area contributed by atoms with E-state index in [0.717, 1.165) is 3.01 Å². The summed E-state index contributed by atoms with van der Waals surface area (Å²) < 4.78 is 5.71. The highest BCUT2D eigenvalue weighted by Gasteiger charge is 2.17. The molecule has 0 spiro atoms. The highest BCUT2D eigenvalue weighted by molar-refractivity contribution is 14.1. The van der Waals surface area contributed by atoms with E-state index >= 15 is 0 Å². The van der Waals surface area contributed by atoms with Crippen LogP contribution < -0.4 is 4.74 Å². The minimum Gasteiger partial charge on any atom is -0.490 e. The SMILES string of the molecule is COc1ccc(-c2nnc(I)s2)cc1[N+](=O)[O-]. The fourth-order valence-electron chi connectivity index (χ4n) is 1.29. The van der Waals surface area contributed by atoms with Gasteiger partial charge in [-0.15, -0.1) is 10.2 Å². The van der Waals surface area contributed by atoms with Gasteiger partial charge >= 0.3 is 5.69 Å². The molecular formula is C9H6IN3O3S. The van der Waals surface area contributed by atoms with Crippen LogP contribution in [0, 0.1) is 13.1 Å². The molecule has 8 heteroatoms. The van der Waals surface area contributed by atoms with Crippen LogP contribution >= 0.6 is 33.9 Å². The summed E-state index contributed by atoms with van der Waals surface area (Å²) in [6, 6.07) is 4.72. The minimum atomic E-state index is -0.478. The first-order valence-corrected chi connectivity index (χ1v) is 6.33. The number of nitro groups is 1. The van der Waals surface area contributed by atoms with Gasteiger partial charge in [0.25, 0.3) is 0 Å². The van der Waals surface area contributed by atoms with Gasteiger partial charge in [-0.05, 0) is 34.7 Å². The normalized spacial score (nSPS) is 10.2. The Morgan fingerprint density at radius 3 is 2.76 bits per heavy atom. The lowest BCUT2D eigenvalue weighted by atomic mass is 10.2. The molecule has 0 N–H and O–H groups in total. The second-order valence-corrected chi connectivity index (χ2v) is 5.74. The Bertz CT molecular complexity index is 572. The molecule has 0 saturated carbocycles. The van der Waals surface area contributed by atoms with Crippen molar-refractivity contribution < 1.29 is 9.66 Å². The molecular weight excluding hydrogens is 357 g/mol. The molecule has 0 bridgehead atoms. The van der Waals surface area contributed by atoms with Gasteiger partial charge in [-0.3, -0.25) is 10.1 Å². The van der Waals surface area contributed by atoms with Gasteiger partial charge in [0.15, 0.2) is 8.76 Å². The number of nitro benzene ring substituents is 1. The third-order valence-corrected chi connectivity index (χ3v) is 3.66. The Morgan fingerprint density at radius 2 is 2.24 bits per heavy atom. The zero-order valence-electron chi connectivity index (χ0n) is 8.58. The molecule has 0 radical (unpaired) electrons. The van der Waals surface area contributed by atoms with Crippen molar-refractivity contribution in [3.63, 3.8) is 0 Å². The van der Waals surface area contributed by atoms with Gasteiger partial charge in [0, 0.05) is 11.6 Å². The summed E-state index contributed by atoms with van der Waals surface area (Å²) >= 11 is 3.43. The molecule has 0 aliphatic rings. The fourth-order valence-corrected chi connectivity index (χ4v) is 2.59. The predicted octanol–water partition coefficient (Wildman–Crippen LogP) is 2.73. The molecule has 17 heavy (non-hydrogen) atoms. The standard InChI is InChI=1S/C9H6IN3O3S/c1-16-7-3-2-5(4-6(7)13(14)15)8-11-12-9(10)17-8/h2-4H,1H3. The third kappa shape index (κ3) is 2.52. The quantitative estimate of drug-likeness (QED) is 0.476. The first-order chi connectivity index (χ1) is 8.11. The summed E-state index contributed by atoms with van der Waals surface area (Å²) in [5.74, 6) is 0.234. The summed E-state index contributed by atoms with van der Waals surface area (Å²) in [7, 11) is 1.40. The Labute approximate surface area is 114 Å². The number of benzene rings is 1. The summed E-state index contributed by atoms with van der Waals surface area (Å²) in [4.78, 5) is 10.4. The molecule has 0 fully saturated rings. The van der Waals surface area contributed by atoms with Gasteiger partial charge in [0.2, 0.25) is 0 Å². The Kier molecular flexibility index (Phi) is 3.52. The Morgan fingerprint density at radius 1 is 1.47 bits per heavy atom. The molecule has 0 atom stereocenters. The highest BCUT2D eigenvalue weighted by Crippen LogP contribution is 2.33. The zero-order valence-corrected chi connectivity index (χ0v) is 11.6. The van der Waals surface area contributed by atoms with Gasteiger partial charge in [-0.25, -0.2) is 0 Å². The van der Waals surface area contributed by atoms with Crippen LogP contribution in [-0.4, -0.2) is 22.2 Å². The van der Waals surface area contributed by atoms with Crippen molar-refractivity contribution in [3.8, 4) is 16.3 Å². The summed E-state index contributed by atoms with van der Waals surface area (Å²) in [5, 5.41) is 19.3. The van der Waals surface area contributed by atoms with Gasteiger partial charge in [0.05, 0.1) is 12.0 Å². The lowest BCUT2D eigenvalue weighted by Gasteiger charge is -2.02. The average molecular weight is 363 g/mol. The number of aromatic nitrogens is 2. The van der Waals surface area contributed by atoms with Crippen molar-refractivity contribution in [2.45, 2.75) is 0 Å². The fraction of sp³-hybridized carbons (Fsp3) is 0.111. The largest absolute Gasteiger partial charge is 0.490 e. The molecule has 0 unspecified atom stereocenters. The number of hydrogen-bond donors (Lipinski definition) is 0. The lowest BCUT2D eigenvalue weighted by molar-refractivity contribution is -0.385. The van der Waals surface area contributed by atoms with Gasteiger partial charge in [-0.1, -0.05) is 11.3 Å². The molecule has 0 amide bonds. The number of nitrogens with zero attached hydrogens (tertiary/aromatic N) is 3. The van der Waals surface area contributed by atoms with Crippen molar-refractivity contribution >= 4 is 39.6 Å². The Balaban J connectivity index is 2.50. The van der Waals surface area contributed by atoms with E-state index in [9.17, 15) is 10.1 Å². The molecule has 1 heterocycles. The molecule has 0 saturated heterocycles. The molecule has 1 aromatic heterocycles. The second-order valence-electron chi connectivity index (χ2n) is 3.00. The second kappa shape index (κ2) is 4.92. The average Bonchev–Trinajstić information content (AvgIpc) is 2.75. The van der Waals surface area contributed by atoms with Crippen LogP contribution in [0.25, 0.3) is 10.6 Å². The van der Waals surface area contributed by atoms with E-state index in [4.69, 9.17) is 4.74 Å². The van der Waals surface area contributed by atoms with Crippen LogP contribution in [0.2, 0.25) is 0 Å². The number of rotatable bonds is 3. The summed E-state index contributed by atoms with van der Waals surface area (Å²) in [6.07, 6.45) is 0. The molecule has 0 aliphatic heterocycles. The zero-order chi connectivity index (χ0) is 12.4. The van der Waals surface area contributed by atoms with Crippen molar-refractivity contribution in [2.24, 2.45) is 0 Å². The molecule has 1 aromatic carbocycles. The van der Waals surface area contributed by atoms with E-state index in [1.165, 1.54) is 24.5 Å². The lowest BCUT2D eigenvalue weighted by Crippen LogP contribution is -1.94. The number of halogens is 1. The van der Waals surface area contributed by atoms with Gasteiger partial charge in [-0.2, -0.15) is 0 Å². The minimum absolute atomic E-state index is 0.0739. The predicted molar refractivity (Wildman–Crippen MR) is 71.3 cm³/mol. The maximum absolute atomic E-state index is 10.9. The number of hydrogen-bond acceptors (Lipinski definition) is 6. The molecule has 2 rings (SSSR count). The number of ether oxygens (including phenoxy) is 1. The monoisotopic (exact) mass is 363 g/mol. The molecule has 88 valence electrons. The van der Waals surface area contributed by atoms with Crippen LogP contribution in [0.3, 0.4) is 0 Å². The first-order valence-electron chi connectivity index (χ1n) is 4.43. The Hall–Kier alpha value is -1.29. The number of methoxy groups -OCH3 is 1. The third-order valence-electron chi connectivity index (χ3n) is 2.02. The van der Waals surface area contributed by atoms with Crippen LogP contribution in [0.1, 0.15) is 0 Å². The van der Waals surface area contributed by atoms with Gasteiger partial charge in [0.1, 0.15) is 5.01 Å². The van der Waals surface area contributed by atoms with E-state index in [1.807, 2.05) is 22.6 Å². The summed E-state index contributed by atoms with van der Waals surface area (Å²) in [5.41, 5.74) is 0.591. The van der Waals surface area contributed by atoms with E-state index in [2.05, 4.69) is 10.2 Å².